The van der Waals surface area contributed by atoms with Gasteiger partial charge in [-0.1, -0.05) is 18.2 Å². The summed E-state index contributed by atoms with van der Waals surface area (Å²) >= 11 is 2.14. The van der Waals surface area contributed by atoms with Crippen LogP contribution in [0.25, 0.3) is 0 Å². The molecule has 0 aliphatic carbocycles. The van der Waals surface area contributed by atoms with Crippen LogP contribution >= 0.6 is 22.6 Å². The van der Waals surface area contributed by atoms with Crippen molar-refractivity contribution in [2.24, 2.45) is 0 Å². The number of hydrogen-bond donors (Lipinski definition) is 4. The maximum atomic E-state index is 12.6. The summed E-state index contributed by atoms with van der Waals surface area (Å²) in [6.45, 7) is 0. The molecule has 37 heavy (non-hydrogen) atoms. The molecule has 0 saturated carbocycles. The van der Waals surface area contributed by atoms with Crippen molar-refractivity contribution in [2.75, 3.05) is 22.1 Å². The first-order chi connectivity index (χ1) is 17.5. The van der Waals surface area contributed by atoms with Crippen molar-refractivity contribution in [1.29, 1.82) is 0 Å². The Hall–Kier alpha value is -4.06. The van der Waals surface area contributed by atoms with Crippen molar-refractivity contribution < 1.29 is 22.8 Å². The number of nitrogen functional groups attached to an aromatic ring is 2. The number of amides is 2. The largest absolute Gasteiger partial charge is 0.416 e. The molecule has 0 aliphatic heterocycles. The lowest BCUT2D eigenvalue weighted by molar-refractivity contribution is -0.137. The van der Waals surface area contributed by atoms with E-state index < -0.39 is 17.6 Å². The first kappa shape index (κ1) is 27.5. The molecule has 10 heteroatoms. The topological polar surface area (TPSA) is 110 Å². The minimum absolute atomic E-state index is 0.0587. The fourth-order valence-corrected chi connectivity index (χ4v) is 3.65. The molecule has 4 aromatic carbocycles. The lowest BCUT2D eigenvalue weighted by atomic mass is 10.1. The van der Waals surface area contributed by atoms with Crippen LogP contribution in [0.5, 0.6) is 0 Å². The number of rotatable bonds is 4. The van der Waals surface area contributed by atoms with E-state index in [0.717, 1.165) is 21.4 Å². The van der Waals surface area contributed by atoms with Crippen molar-refractivity contribution in [3.05, 3.63) is 117 Å². The van der Waals surface area contributed by atoms with Gasteiger partial charge in [0.05, 0.1) is 11.1 Å². The first-order valence-corrected chi connectivity index (χ1v) is 11.9. The van der Waals surface area contributed by atoms with Crippen LogP contribution < -0.4 is 22.1 Å². The molecule has 0 heterocycles. The molecule has 0 bridgehead atoms. The molecule has 2 amide bonds. The Morgan fingerprint density at radius 2 is 1.19 bits per heavy atom. The second kappa shape index (κ2) is 12.3. The van der Waals surface area contributed by atoms with Gasteiger partial charge in [0.1, 0.15) is 0 Å². The normalized spacial score (nSPS) is 10.6. The zero-order chi connectivity index (χ0) is 27.0. The molecule has 0 aliphatic rings. The number of carbonyl (C=O) groups excluding carboxylic acids is 2. The number of nitrogens with two attached hydrogens (primary N) is 2. The van der Waals surface area contributed by atoms with Crippen LogP contribution in [-0.2, 0) is 6.18 Å². The van der Waals surface area contributed by atoms with E-state index in [1.165, 1.54) is 12.1 Å². The predicted molar refractivity (Wildman–Crippen MR) is 148 cm³/mol. The van der Waals surface area contributed by atoms with E-state index in [4.69, 9.17) is 11.5 Å². The Bertz CT molecular complexity index is 1380. The van der Waals surface area contributed by atoms with Gasteiger partial charge < -0.3 is 22.1 Å². The molecule has 0 aromatic heterocycles. The van der Waals surface area contributed by atoms with E-state index in [0.29, 0.717) is 22.6 Å². The maximum Gasteiger partial charge on any atom is 0.416 e. The summed E-state index contributed by atoms with van der Waals surface area (Å²) in [7, 11) is 0. The third-order valence-electron chi connectivity index (χ3n) is 4.91. The summed E-state index contributed by atoms with van der Waals surface area (Å²) < 4.78 is 38.6. The van der Waals surface area contributed by atoms with Crippen molar-refractivity contribution >= 4 is 57.2 Å². The molecule has 0 spiro atoms. The predicted octanol–water partition coefficient (Wildman–Crippen LogP) is 6.67. The SMILES string of the molecule is Nc1ccc(NC(=O)c2cccc(C(F)(F)F)c2)cc1.Nc1ccc(NC(=O)c2ccccc2I)cc1. The van der Waals surface area contributed by atoms with Crippen molar-refractivity contribution in [3.8, 4) is 0 Å². The third kappa shape index (κ3) is 8.24. The molecule has 0 atom stereocenters. The van der Waals surface area contributed by atoms with Crippen LogP contribution in [0.3, 0.4) is 0 Å². The Labute approximate surface area is 225 Å². The number of anilines is 4. The number of hydrogen-bond acceptors (Lipinski definition) is 4. The molecule has 6 nitrogen and oxygen atoms in total. The molecule has 0 unspecified atom stereocenters. The van der Waals surface area contributed by atoms with Gasteiger partial charge in [-0.2, -0.15) is 13.2 Å². The number of nitrogens with one attached hydrogen (secondary N) is 2. The fraction of sp³-hybridized carbons (Fsp3) is 0.0370. The summed E-state index contributed by atoms with van der Waals surface area (Å²) in [5.41, 5.74) is 13.2. The summed E-state index contributed by atoms with van der Waals surface area (Å²) in [5.74, 6) is -0.722. The number of halogens is 4. The van der Waals surface area contributed by atoms with Crippen LogP contribution in [-0.4, -0.2) is 11.8 Å². The van der Waals surface area contributed by atoms with Gasteiger partial charge in [0.2, 0.25) is 0 Å². The molecule has 190 valence electrons. The zero-order valence-electron chi connectivity index (χ0n) is 19.2. The Kier molecular flexibility index (Phi) is 9.12. The summed E-state index contributed by atoms with van der Waals surface area (Å²) in [5, 5.41) is 5.33. The van der Waals surface area contributed by atoms with Gasteiger partial charge in [0.15, 0.2) is 0 Å². The average Bonchev–Trinajstić information content (AvgIpc) is 2.87. The van der Waals surface area contributed by atoms with Gasteiger partial charge in [-0.3, -0.25) is 9.59 Å². The molecular weight excluding hydrogens is 596 g/mol. The summed E-state index contributed by atoms with van der Waals surface area (Å²) in [4.78, 5) is 23.8. The Morgan fingerprint density at radius 3 is 1.70 bits per heavy atom. The van der Waals surface area contributed by atoms with Crippen LogP contribution in [0.4, 0.5) is 35.9 Å². The van der Waals surface area contributed by atoms with Gasteiger partial charge in [0.25, 0.3) is 11.8 Å². The van der Waals surface area contributed by atoms with E-state index in [1.54, 1.807) is 54.6 Å². The molecule has 0 radical (unpaired) electrons. The van der Waals surface area contributed by atoms with E-state index >= 15 is 0 Å². The van der Waals surface area contributed by atoms with E-state index in [2.05, 4.69) is 33.2 Å². The monoisotopic (exact) mass is 618 g/mol. The van der Waals surface area contributed by atoms with Gasteiger partial charge in [-0.15, -0.1) is 0 Å². The standard InChI is InChI=1S/C14H11F3N2O.C13H11IN2O/c15-14(16,17)10-3-1-2-9(8-10)13(20)19-12-6-4-11(18)5-7-12;14-12-4-2-1-3-11(12)13(17)16-10-7-5-9(15)6-8-10/h1-8H,18H2,(H,19,20);1-8H,15H2,(H,16,17). The number of carbonyl (C=O) groups is 2. The van der Waals surface area contributed by atoms with Gasteiger partial charge in [0, 0.05) is 31.9 Å². The molecular formula is C27H22F3IN4O2. The van der Waals surface area contributed by atoms with E-state index in [9.17, 15) is 22.8 Å². The van der Waals surface area contributed by atoms with Gasteiger partial charge >= 0.3 is 6.18 Å². The summed E-state index contributed by atoms with van der Waals surface area (Å²) in [6, 6.07) is 25.1. The first-order valence-electron chi connectivity index (χ1n) is 10.8. The minimum atomic E-state index is -4.47. The number of benzene rings is 4. The Balaban J connectivity index is 0.000000208. The molecule has 0 fully saturated rings. The molecule has 4 aromatic rings. The molecule has 0 saturated heterocycles. The van der Waals surface area contributed by atoms with Gasteiger partial charge in [-0.25, -0.2) is 0 Å². The smallest absolute Gasteiger partial charge is 0.399 e. The van der Waals surface area contributed by atoms with E-state index in [-0.39, 0.29) is 11.5 Å². The third-order valence-corrected chi connectivity index (χ3v) is 5.85. The second-order valence-electron chi connectivity index (χ2n) is 7.71. The summed E-state index contributed by atoms with van der Waals surface area (Å²) in [6.07, 6.45) is -4.47. The average molecular weight is 618 g/mol. The lowest BCUT2D eigenvalue weighted by Crippen LogP contribution is -2.13. The quantitative estimate of drug-likeness (QED) is 0.151. The number of alkyl halides is 3. The van der Waals surface area contributed by atoms with Crippen LogP contribution in [0.15, 0.2) is 97.1 Å². The highest BCUT2D eigenvalue weighted by atomic mass is 127. The van der Waals surface area contributed by atoms with Crippen molar-refractivity contribution in [3.63, 3.8) is 0 Å². The van der Waals surface area contributed by atoms with Crippen LogP contribution in [0.2, 0.25) is 0 Å². The lowest BCUT2D eigenvalue weighted by Gasteiger charge is -2.09. The molecule has 4 rings (SSSR count). The zero-order valence-corrected chi connectivity index (χ0v) is 21.4. The van der Waals surface area contributed by atoms with Crippen LogP contribution in [0.1, 0.15) is 26.3 Å². The maximum absolute atomic E-state index is 12.6. The highest BCUT2D eigenvalue weighted by Crippen LogP contribution is 2.29. The molecule has 6 N–H and O–H groups in total. The van der Waals surface area contributed by atoms with Crippen LogP contribution in [0, 0.1) is 3.57 Å². The highest BCUT2D eigenvalue weighted by Gasteiger charge is 2.30. The van der Waals surface area contributed by atoms with E-state index in [1.807, 2.05) is 18.2 Å². The fourth-order valence-electron chi connectivity index (χ4n) is 3.02. The van der Waals surface area contributed by atoms with Crippen molar-refractivity contribution in [2.45, 2.75) is 6.18 Å². The van der Waals surface area contributed by atoms with Gasteiger partial charge in [-0.05, 0) is 101 Å². The minimum Gasteiger partial charge on any atom is -0.399 e. The highest BCUT2D eigenvalue weighted by molar-refractivity contribution is 14.1. The second-order valence-corrected chi connectivity index (χ2v) is 8.87. The Morgan fingerprint density at radius 1 is 0.676 bits per heavy atom. The van der Waals surface area contributed by atoms with Crippen molar-refractivity contribution in [1.82, 2.24) is 0 Å².